The van der Waals surface area contributed by atoms with Crippen molar-refractivity contribution in [1.29, 1.82) is 0 Å². The topological polar surface area (TPSA) is 143 Å². The first-order valence-electron chi connectivity index (χ1n) is 9.05. The number of likely N-dealkylation sites (N-methyl/N-ethyl adjacent to an activating group) is 1. The summed E-state index contributed by atoms with van der Waals surface area (Å²) in [5.41, 5.74) is -0.706. The second-order valence-corrected chi connectivity index (χ2v) is 6.83. The maximum atomic E-state index is 12.8. The number of aliphatic hydroxyl groups excluding tert-OH is 2. The summed E-state index contributed by atoms with van der Waals surface area (Å²) in [4.78, 5) is 39.4. The minimum atomic E-state index is -1.56. The van der Waals surface area contributed by atoms with E-state index in [-0.39, 0.29) is 6.54 Å². The Balaban J connectivity index is 1.76. The summed E-state index contributed by atoms with van der Waals surface area (Å²) >= 11 is 0. The molecular weight excluding hydrogens is 398 g/mol. The van der Waals surface area contributed by atoms with Gasteiger partial charge in [-0.15, -0.1) is 0 Å². The van der Waals surface area contributed by atoms with Gasteiger partial charge in [-0.1, -0.05) is 6.07 Å². The van der Waals surface area contributed by atoms with Crippen molar-refractivity contribution in [1.82, 2.24) is 14.5 Å². The van der Waals surface area contributed by atoms with Gasteiger partial charge in [0, 0.05) is 25.9 Å². The number of benzene rings is 1. The largest absolute Gasteiger partial charge is 0.493 e. The van der Waals surface area contributed by atoms with Crippen LogP contribution in [0.15, 0.2) is 40.1 Å². The maximum Gasteiger partial charge on any atom is 0.330 e. The van der Waals surface area contributed by atoms with Crippen molar-refractivity contribution in [3.05, 3.63) is 56.9 Å². The molecule has 1 aliphatic heterocycles. The molecule has 4 atom stereocenters. The highest BCUT2D eigenvalue weighted by Crippen LogP contribution is 2.30. The Labute approximate surface area is 171 Å². The molecule has 1 fully saturated rings. The summed E-state index contributed by atoms with van der Waals surface area (Å²) in [6.45, 7) is 0.172. The van der Waals surface area contributed by atoms with E-state index >= 15 is 0 Å². The summed E-state index contributed by atoms with van der Waals surface area (Å²) in [7, 11) is 4.53. The van der Waals surface area contributed by atoms with Gasteiger partial charge in [-0.05, 0) is 17.7 Å². The zero-order valence-corrected chi connectivity index (χ0v) is 16.6. The number of aromatic nitrogens is 2. The lowest BCUT2D eigenvalue weighted by Crippen LogP contribution is -2.43. The maximum absolute atomic E-state index is 12.8. The monoisotopic (exact) mass is 421 g/mol. The van der Waals surface area contributed by atoms with Crippen LogP contribution >= 0.6 is 0 Å². The van der Waals surface area contributed by atoms with Crippen molar-refractivity contribution < 1.29 is 29.2 Å². The number of aromatic amines is 1. The van der Waals surface area contributed by atoms with Gasteiger partial charge in [0.2, 0.25) is 0 Å². The first-order chi connectivity index (χ1) is 14.3. The lowest BCUT2D eigenvalue weighted by atomic mass is 10.1. The van der Waals surface area contributed by atoms with Crippen LogP contribution in [0.5, 0.6) is 11.5 Å². The van der Waals surface area contributed by atoms with Crippen LogP contribution in [0, 0.1) is 0 Å². The number of hydrogen-bond acceptors (Lipinski definition) is 8. The van der Waals surface area contributed by atoms with Crippen LogP contribution < -0.4 is 20.7 Å². The molecule has 0 saturated carbocycles. The Morgan fingerprint density at radius 3 is 2.50 bits per heavy atom. The molecule has 1 aromatic carbocycles. The smallest absolute Gasteiger partial charge is 0.330 e. The van der Waals surface area contributed by atoms with Gasteiger partial charge in [0.15, 0.2) is 23.8 Å². The summed E-state index contributed by atoms with van der Waals surface area (Å²) in [6, 6.07) is 6.25. The molecule has 11 nitrogen and oxygen atoms in total. The number of carbonyl (C=O) groups is 1. The molecule has 0 aliphatic carbocycles. The standard InChI is InChI=1S/C19H23N3O8/c1-21(9-10-4-5-11(28-2)12(8-10)29-3)17(26)16-14(24)15(25)18(30-16)22-7-6-13(23)20-19(22)27/h4-8,14-16,18,24-25H,9H2,1-3H3,(H,20,23,27)/t14-,15+,16-,18+/m0/s1. The quantitative estimate of drug-likeness (QED) is 0.530. The molecule has 3 rings (SSSR count). The Kier molecular flexibility index (Phi) is 6.25. The van der Waals surface area contributed by atoms with E-state index in [0.29, 0.717) is 11.5 Å². The molecular formula is C19H23N3O8. The van der Waals surface area contributed by atoms with Crippen molar-refractivity contribution in [3.63, 3.8) is 0 Å². The van der Waals surface area contributed by atoms with Gasteiger partial charge >= 0.3 is 5.69 Å². The number of nitrogens with zero attached hydrogens (tertiary/aromatic N) is 2. The Morgan fingerprint density at radius 2 is 1.87 bits per heavy atom. The minimum absolute atomic E-state index is 0.172. The third kappa shape index (κ3) is 4.08. The number of H-pyrrole nitrogens is 1. The van der Waals surface area contributed by atoms with Gasteiger partial charge in [-0.3, -0.25) is 19.1 Å². The van der Waals surface area contributed by atoms with Gasteiger partial charge < -0.3 is 29.3 Å². The zero-order valence-electron chi connectivity index (χ0n) is 16.6. The number of nitrogens with one attached hydrogen (secondary N) is 1. The molecule has 0 unspecified atom stereocenters. The highest BCUT2D eigenvalue weighted by molar-refractivity contribution is 5.81. The lowest BCUT2D eigenvalue weighted by molar-refractivity contribution is -0.148. The lowest BCUT2D eigenvalue weighted by Gasteiger charge is -2.23. The number of rotatable bonds is 6. The van der Waals surface area contributed by atoms with E-state index in [1.807, 2.05) is 4.98 Å². The van der Waals surface area contributed by atoms with Crippen LogP contribution in [0.1, 0.15) is 11.8 Å². The molecule has 0 radical (unpaired) electrons. The summed E-state index contributed by atoms with van der Waals surface area (Å²) in [5, 5.41) is 20.6. The predicted molar refractivity (Wildman–Crippen MR) is 103 cm³/mol. The van der Waals surface area contributed by atoms with E-state index in [1.54, 1.807) is 18.2 Å². The summed E-state index contributed by atoms with van der Waals surface area (Å²) in [6.07, 6.45) is -4.70. The van der Waals surface area contributed by atoms with Gasteiger partial charge in [0.25, 0.3) is 11.5 Å². The molecule has 1 saturated heterocycles. The van der Waals surface area contributed by atoms with Crippen LogP contribution in [0.3, 0.4) is 0 Å². The summed E-state index contributed by atoms with van der Waals surface area (Å²) < 4.78 is 16.8. The average molecular weight is 421 g/mol. The highest BCUT2D eigenvalue weighted by Gasteiger charge is 2.48. The Hall–Kier alpha value is -3.15. The van der Waals surface area contributed by atoms with E-state index in [4.69, 9.17) is 14.2 Å². The Bertz CT molecular complexity index is 1030. The molecule has 11 heteroatoms. The van der Waals surface area contributed by atoms with Gasteiger partial charge in [-0.25, -0.2) is 4.79 Å². The second-order valence-electron chi connectivity index (χ2n) is 6.83. The molecule has 3 N–H and O–H groups in total. The molecule has 1 amide bonds. The molecule has 162 valence electrons. The van der Waals surface area contributed by atoms with Crippen molar-refractivity contribution in [2.24, 2.45) is 0 Å². The summed E-state index contributed by atoms with van der Waals surface area (Å²) in [5.74, 6) is 0.458. The molecule has 2 aromatic rings. The molecule has 2 heterocycles. The van der Waals surface area contributed by atoms with E-state index in [1.165, 1.54) is 26.2 Å². The van der Waals surface area contributed by atoms with Crippen LogP contribution in [0.4, 0.5) is 0 Å². The number of amides is 1. The number of ether oxygens (including phenoxy) is 3. The van der Waals surface area contributed by atoms with E-state index in [9.17, 15) is 24.6 Å². The highest BCUT2D eigenvalue weighted by atomic mass is 16.6. The van der Waals surface area contributed by atoms with Gasteiger partial charge in [0.05, 0.1) is 14.2 Å². The first-order valence-corrected chi connectivity index (χ1v) is 9.05. The fourth-order valence-electron chi connectivity index (χ4n) is 3.27. The normalized spacial score (nSPS) is 23.2. The van der Waals surface area contributed by atoms with Crippen LogP contribution in [-0.2, 0) is 16.1 Å². The number of carbonyl (C=O) groups excluding carboxylic acids is 1. The SMILES string of the molecule is COc1ccc(CN(C)C(=O)[C@H]2O[C@@H](n3ccc(=O)[nH]c3=O)[C@H](O)[C@@H]2O)cc1OC. The van der Waals surface area contributed by atoms with Crippen molar-refractivity contribution >= 4 is 5.91 Å². The third-order valence-corrected chi connectivity index (χ3v) is 4.85. The minimum Gasteiger partial charge on any atom is -0.493 e. The van der Waals surface area contributed by atoms with Crippen LogP contribution in [0.2, 0.25) is 0 Å². The van der Waals surface area contributed by atoms with Crippen molar-refractivity contribution in [2.75, 3.05) is 21.3 Å². The van der Waals surface area contributed by atoms with E-state index in [2.05, 4.69) is 0 Å². The molecule has 1 aromatic heterocycles. The third-order valence-electron chi connectivity index (χ3n) is 4.85. The molecule has 30 heavy (non-hydrogen) atoms. The van der Waals surface area contributed by atoms with Crippen LogP contribution in [-0.4, -0.2) is 70.2 Å². The number of aliphatic hydroxyl groups is 2. The zero-order chi connectivity index (χ0) is 22.0. The van der Waals surface area contributed by atoms with Crippen LogP contribution in [0.25, 0.3) is 0 Å². The second kappa shape index (κ2) is 8.69. The Morgan fingerprint density at radius 1 is 1.17 bits per heavy atom. The molecule has 0 spiro atoms. The van der Waals surface area contributed by atoms with E-state index in [0.717, 1.165) is 22.4 Å². The van der Waals surface area contributed by atoms with Gasteiger partial charge in [0.1, 0.15) is 12.2 Å². The fraction of sp³-hybridized carbons (Fsp3) is 0.421. The van der Waals surface area contributed by atoms with E-state index < -0.39 is 41.7 Å². The predicted octanol–water partition coefficient (Wildman–Crippen LogP) is -1.17. The fourth-order valence-corrected chi connectivity index (χ4v) is 3.27. The van der Waals surface area contributed by atoms with Gasteiger partial charge in [-0.2, -0.15) is 0 Å². The first kappa shape index (κ1) is 21.6. The van der Waals surface area contributed by atoms with Crippen molar-refractivity contribution in [3.8, 4) is 11.5 Å². The number of hydrogen-bond donors (Lipinski definition) is 3. The average Bonchev–Trinajstić information content (AvgIpc) is 3.02. The molecule has 1 aliphatic rings. The molecule has 0 bridgehead atoms. The van der Waals surface area contributed by atoms with Crippen molar-refractivity contribution in [2.45, 2.75) is 31.1 Å². The number of methoxy groups -OCH3 is 2.